The summed E-state index contributed by atoms with van der Waals surface area (Å²) in [5.74, 6) is -3.92. The van der Waals surface area contributed by atoms with E-state index in [0.29, 0.717) is 29.0 Å². The monoisotopic (exact) mass is 517 g/mol. The van der Waals surface area contributed by atoms with Crippen molar-refractivity contribution in [2.75, 3.05) is 5.32 Å². The number of rotatable bonds is 5. The van der Waals surface area contributed by atoms with Gasteiger partial charge in [-0.3, -0.25) is 20.2 Å². The topological polar surface area (TPSA) is 85.1 Å². The Labute approximate surface area is 206 Å². The van der Waals surface area contributed by atoms with Gasteiger partial charge in [0.25, 0.3) is 5.91 Å². The van der Waals surface area contributed by atoms with Gasteiger partial charge in [-0.1, -0.05) is 67.7 Å². The van der Waals surface area contributed by atoms with Crippen molar-refractivity contribution in [1.82, 2.24) is 4.98 Å². The molecule has 0 aliphatic heterocycles. The summed E-state index contributed by atoms with van der Waals surface area (Å²) < 4.78 is 42.9. The minimum Gasteiger partial charge on any atom is -0.297 e. The molecule has 0 radical (unpaired) electrons. The Balaban J connectivity index is 1.79. The number of anilines is 1. The van der Waals surface area contributed by atoms with Crippen molar-refractivity contribution >= 4 is 38.7 Å². The maximum atomic E-state index is 14.7. The highest BCUT2D eigenvalue weighted by atomic mass is 32.1. The molecule has 0 saturated heterocycles. The Morgan fingerprint density at radius 2 is 1.63 bits per heavy atom. The smallest absolute Gasteiger partial charge is 0.297 e. The first kappa shape index (κ1) is 24.6. The van der Waals surface area contributed by atoms with E-state index in [1.807, 2.05) is 32.9 Å². The lowest BCUT2D eigenvalue weighted by Crippen LogP contribution is -2.10. The third kappa shape index (κ3) is 5.10. The molecule has 0 spiro atoms. The fourth-order valence-corrected chi connectivity index (χ4v) is 5.08. The minimum absolute atomic E-state index is 0.0269. The molecular formula is C24H18F3N3O3S2. The fourth-order valence-electron chi connectivity index (χ4n) is 3.33. The average molecular weight is 518 g/mol. The number of hydrogen-bond acceptors (Lipinski definition) is 6. The lowest BCUT2D eigenvalue weighted by atomic mass is 9.86. The first-order valence-corrected chi connectivity index (χ1v) is 11.9. The molecule has 2 heterocycles. The summed E-state index contributed by atoms with van der Waals surface area (Å²) in [5.41, 5.74) is 1.18. The van der Waals surface area contributed by atoms with Gasteiger partial charge in [-0.25, -0.2) is 18.2 Å². The van der Waals surface area contributed by atoms with Crippen LogP contribution in [0.1, 0.15) is 36.0 Å². The van der Waals surface area contributed by atoms with Crippen LogP contribution in [0.15, 0.2) is 48.5 Å². The van der Waals surface area contributed by atoms with Crippen molar-refractivity contribution in [3.63, 3.8) is 0 Å². The van der Waals surface area contributed by atoms with Gasteiger partial charge in [0.15, 0.2) is 5.13 Å². The van der Waals surface area contributed by atoms with Crippen LogP contribution in [0, 0.1) is 27.6 Å². The Morgan fingerprint density at radius 3 is 2.17 bits per heavy atom. The molecule has 1 N–H and O–H groups in total. The van der Waals surface area contributed by atoms with E-state index < -0.39 is 33.8 Å². The van der Waals surface area contributed by atoms with Gasteiger partial charge in [0, 0.05) is 23.8 Å². The van der Waals surface area contributed by atoms with Crippen LogP contribution in [0.25, 0.3) is 21.7 Å². The minimum atomic E-state index is -1.11. The maximum Gasteiger partial charge on any atom is 0.324 e. The van der Waals surface area contributed by atoms with Crippen LogP contribution in [-0.4, -0.2) is 15.8 Å². The number of nitrogens with one attached hydrogen (secondary N) is 1. The molecule has 4 aromatic rings. The lowest BCUT2D eigenvalue weighted by Gasteiger charge is -2.19. The predicted molar refractivity (Wildman–Crippen MR) is 130 cm³/mol. The first-order chi connectivity index (χ1) is 16.4. The van der Waals surface area contributed by atoms with Gasteiger partial charge in [-0.2, -0.15) is 0 Å². The van der Waals surface area contributed by atoms with Crippen LogP contribution in [0.5, 0.6) is 0 Å². The number of benzene rings is 2. The molecule has 0 aliphatic carbocycles. The molecule has 0 saturated carbocycles. The number of amides is 1. The Morgan fingerprint density at radius 1 is 1.00 bits per heavy atom. The highest BCUT2D eigenvalue weighted by Crippen LogP contribution is 2.42. The van der Waals surface area contributed by atoms with E-state index in [1.54, 1.807) is 12.1 Å². The van der Waals surface area contributed by atoms with Gasteiger partial charge in [0.2, 0.25) is 0 Å². The zero-order valence-electron chi connectivity index (χ0n) is 18.7. The average Bonchev–Trinajstić information content (AvgIpc) is 3.40. The van der Waals surface area contributed by atoms with Gasteiger partial charge in [-0.05, 0) is 17.0 Å². The summed E-state index contributed by atoms with van der Waals surface area (Å²) in [6.07, 6.45) is 0. The van der Waals surface area contributed by atoms with E-state index in [9.17, 15) is 28.1 Å². The number of thiazole rings is 1. The van der Waals surface area contributed by atoms with Crippen molar-refractivity contribution in [1.29, 1.82) is 0 Å². The third-order valence-corrected chi connectivity index (χ3v) is 7.13. The van der Waals surface area contributed by atoms with Gasteiger partial charge in [0.1, 0.15) is 17.5 Å². The number of nitrogens with zero attached hydrogens (tertiary/aromatic N) is 2. The molecule has 6 nitrogen and oxygen atoms in total. The molecule has 11 heteroatoms. The number of hydrogen-bond donors (Lipinski definition) is 1. The molecule has 0 atom stereocenters. The Bertz CT molecular complexity index is 1420. The van der Waals surface area contributed by atoms with Gasteiger partial charge in [-0.15, -0.1) is 0 Å². The Hall–Kier alpha value is -3.57. The summed E-state index contributed by atoms with van der Waals surface area (Å²) in [4.78, 5) is 27.5. The molecule has 0 aliphatic rings. The molecule has 0 fully saturated rings. The van der Waals surface area contributed by atoms with Crippen LogP contribution < -0.4 is 5.32 Å². The van der Waals surface area contributed by atoms with Gasteiger partial charge in [0.05, 0.1) is 25.9 Å². The quantitative estimate of drug-likeness (QED) is 0.221. The third-order valence-electron chi connectivity index (χ3n) is 5.10. The molecule has 1 amide bonds. The first-order valence-electron chi connectivity index (χ1n) is 10.3. The zero-order chi connectivity index (χ0) is 25.5. The van der Waals surface area contributed by atoms with Crippen LogP contribution in [0.4, 0.5) is 23.3 Å². The SMILES string of the molecule is CC(C)(C)c1ccc(-c2nc(NC(=O)c3ccc([N+](=O)[O-])s3)sc2-c2c(F)cc(F)cc2F)cc1. The van der Waals surface area contributed by atoms with Crippen LogP contribution >= 0.6 is 22.7 Å². The number of halogens is 3. The van der Waals surface area contributed by atoms with Crippen LogP contribution in [-0.2, 0) is 5.41 Å². The van der Waals surface area contributed by atoms with Crippen molar-refractivity contribution in [2.45, 2.75) is 26.2 Å². The summed E-state index contributed by atoms with van der Waals surface area (Å²) in [6.45, 7) is 6.13. The molecule has 0 bridgehead atoms. The second-order valence-electron chi connectivity index (χ2n) is 8.62. The lowest BCUT2D eigenvalue weighted by molar-refractivity contribution is -0.380. The molecule has 2 aromatic carbocycles. The molecule has 180 valence electrons. The van der Waals surface area contributed by atoms with Crippen molar-refractivity contribution < 1.29 is 22.9 Å². The number of nitro groups is 1. The van der Waals surface area contributed by atoms with Crippen molar-refractivity contribution in [2.24, 2.45) is 0 Å². The summed E-state index contributed by atoms with van der Waals surface area (Å²) in [6, 6.07) is 10.9. The molecular weight excluding hydrogens is 499 g/mol. The molecule has 35 heavy (non-hydrogen) atoms. The highest BCUT2D eigenvalue weighted by Gasteiger charge is 2.24. The highest BCUT2D eigenvalue weighted by molar-refractivity contribution is 7.20. The normalized spacial score (nSPS) is 11.5. The van der Waals surface area contributed by atoms with Crippen molar-refractivity contribution in [3.05, 3.63) is 86.5 Å². The maximum absolute atomic E-state index is 14.7. The van der Waals surface area contributed by atoms with E-state index >= 15 is 0 Å². The van der Waals surface area contributed by atoms with E-state index in [-0.39, 0.29) is 31.0 Å². The summed E-state index contributed by atoms with van der Waals surface area (Å²) >= 11 is 1.50. The van der Waals surface area contributed by atoms with Crippen LogP contribution in [0.2, 0.25) is 0 Å². The molecule has 2 aromatic heterocycles. The number of carbonyl (C=O) groups excluding carboxylic acids is 1. The van der Waals surface area contributed by atoms with E-state index in [0.717, 1.165) is 16.9 Å². The fraction of sp³-hybridized carbons (Fsp3) is 0.167. The molecule has 0 unspecified atom stereocenters. The Kier molecular flexibility index (Phi) is 6.48. The van der Waals surface area contributed by atoms with E-state index in [2.05, 4.69) is 10.3 Å². The predicted octanol–water partition coefficient (Wildman–Crippen LogP) is 7.41. The van der Waals surface area contributed by atoms with Crippen molar-refractivity contribution in [3.8, 4) is 21.7 Å². The van der Waals surface area contributed by atoms with Gasteiger partial charge < -0.3 is 0 Å². The van der Waals surface area contributed by atoms with E-state index in [1.165, 1.54) is 12.1 Å². The van der Waals surface area contributed by atoms with Crippen LogP contribution in [0.3, 0.4) is 0 Å². The largest absolute Gasteiger partial charge is 0.324 e. The molecule has 4 rings (SSSR count). The number of aromatic nitrogens is 1. The summed E-state index contributed by atoms with van der Waals surface area (Å²) in [5, 5.41) is 13.3. The number of carbonyl (C=O) groups is 1. The second-order valence-corrected chi connectivity index (χ2v) is 10.7. The summed E-state index contributed by atoms with van der Waals surface area (Å²) in [7, 11) is 0. The van der Waals surface area contributed by atoms with E-state index in [4.69, 9.17) is 0 Å². The second kappa shape index (κ2) is 9.23. The number of thiophene rings is 1. The van der Waals surface area contributed by atoms with Gasteiger partial charge >= 0.3 is 5.00 Å². The zero-order valence-corrected chi connectivity index (χ0v) is 20.3. The standard InChI is InChI=1S/C24H18F3N3O3S2/c1-24(2,3)13-6-4-12(5-7-13)20-21(19-15(26)10-14(25)11-16(19)27)35-23(28-20)29-22(31)17-8-9-18(34-17)30(32)33/h4-11H,1-3H3,(H,28,29,31).